The molecule has 0 aromatic carbocycles. The third-order valence-electron chi connectivity index (χ3n) is 6.29. The molecule has 0 spiro atoms. The first kappa shape index (κ1) is 17.4. The Balaban J connectivity index is 1.35. The number of rotatable bonds is 4. The van der Waals surface area contributed by atoms with Crippen molar-refractivity contribution in [3.8, 4) is 0 Å². The molecule has 3 unspecified atom stereocenters. The van der Waals surface area contributed by atoms with E-state index in [-0.39, 0.29) is 18.6 Å². The molecule has 2 fully saturated rings. The lowest BCUT2D eigenvalue weighted by molar-refractivity contribution is -0.128. The Hall–Kier alpha value is -2.67. The zero-order valence-electron chi connectivity index (χ0n) is 15.6. The highest BCUT2D eigenvalue weighted by atomic mass is 16.7. The van der Waals surface area contributed by atoms with Crippen LogP contribution in [-0.2, 0) is 25.6 Å². The van der Waals surface area contributed by atoms with Crippen LogP contribution in [0, 0.1) is 17.3 Å². The second-order valence-electron chi connectivity index (χ2n) is 8.06. The topological polar surface area (TPSA) is 80.8 Å². The Morgan fingerprint density at radius 3 is 2.96 bits per heavy atom. The van der Waals surface area contributed by atoms with E-state index in [0.29, 0.717) is 23.9 Å². The Kier molecular flexibility index (Phi) is 4.19. The molecule has 4 heterocycles. The fraction of sp³-hybridized carbons (Fsp3) is 0.476. The summed E-state index contributed by atoms with van der Waals surface area (Å²) in [6.07, 6.45) is 10.1. The van der Waals surface area contributed by atoms with Gasteiger partial charge in [-0.1, -0.05) is 6.08 Å². The molecule has 146 valence electrons. The number of fused-ring (bicyclic) bond motifs is 2. The van der Waals surface area contributed by atoms with Crippen LogP contribution in [0.15, 0.2) is 48.2 Å². The molecule has 5 rings (SSSR count). The highest BCUT2D eigenvalue weighted by Crippen LogP contribution is 2.50. The summed E-state index contributed by atoms with van der Waals surface area (Å²) in [6, 6.07) is 4.08. The summed E-state index contributed by atoms with van der Waals surface area (Å²) in [4.78, 5) is 31.9. The van der Waals surface area contributed by atoms with Crippen molar-refractivity contribution in [2.45, 2.75) is 25.8 Å². The van der Waals surface area contributed by atoms with Gasteiger partial charge in [0, 0.05) is 25.5 Å². The average Bonchev–Trinajstić information content (AvgIpc) is 3.25. The van der Waals surface area contributed by atoms with Crippen LogP contribution in [0.1, 0.15) is 24.8 Å². The molecule has 3 atom stereocenters. The van der Waals surface area contributed by atoms with E-state index < -0.39 is 11.3 Å². The maximum absolute atomic E-state index is 12.9. The molecule has 4 aliphatic rings. The molecule has 3 aliphatic heterocycles. The Labute approximate surface area is 163 Å². The molecule has 1 aromatic rings. The number of imide groups is 1. The van der Waals surface area contributed by atoms with E-state index in [4.69, 9.17) is 9.47 Å². The van der Waals surface area contributed by atoms with Gasteiger partial charge in [0.05, 0.1) is 5.41 Å². The second-order valence-corrected chi connectivity index (χ2v) is 8.06. The van der Waals surface area contributed by atoms with Gasteiger partial charge in [-0.3, -0.25) is 24.8 Å². The van der Waals surface area contributed by atoms with Crippen molar-refractivity contribution in [1.82, 2.24) is 15.2 Å². The van der Waals surface area contributed by atoms with Crippen molar-refractivity contribution < 1.29 is 19.1 Å². The van der Waals surface area contributed by atoms with Crippen LogP contribution < -0.4 is 5.32 Å². The minimum absolute atomic E-state index is 0.103. The number of carbonyl (C=O) groups is 2. The minimum atomic E-state index is -0.867. The van der Waals surface area contributed by atoms with Gasteiger partial charge in [0.1, 0.15) is 5.92 Å². The van der Waals surface area contributed by atoms with E-state index in [1.807, 2.05) is 30.6 Å². The number of amides is 2. The zero-order chi connectivity index (χ0) is 19.1. The predicted molar refractivity (Wildman–Crippen MR) is 99.1 cm³/mol. The Morgan fingerprint density at radius 1 is 1.25 bits per heavy atom. The number of carbonyl (C=O) groups excluding carboxylic acids is 2. The monoisotopic (exact) mass is 381 g/mol. The van der Waals surface area contributed by atoms with Crippen LogP contribution in [0.2, 0.25) is 0 Å². The van der Waals surface area contributed by atoms with Crippen LogP contribution in [0.5, 0.6) is 0 Å². The highest BCUT2D eigenvalue weighted by molar-refractivity contribution is 6.10. The van der Waals surface area contributed by atoms with Gasteiger partial charge in [-0.2, -0.15) is 0 Å². The summed E-state index contributed by atoms with van der Waals surface area (Å²) in [7, 11) is 0. The molecule has 1 N–H and O–H groups in total. The largest absolute Gasteiger partial charge is 0.457 e. The van der Waals surface area contributed by atoms with Crippen LogP contribution in [0.25, 0.3) is 0 Å². The number of nitrogens with zero attached hydrogens (tertiary/aromatic N) is 2. The normalized spacial score (nSPS) is 31.9. The van der Waals surface area contributed by atoms with Gasteiger partial charge < -0.3 is 9.47 Å². The number of hydrogen-bond donors (Lipinski definition) is 1. The molecule has 0 bridgehead atoms. The lowest BCUT2D eigenvalue weighted by atomic mass is 9.67. The lowest BCUT2D eigenvalue weighted by Gasteiger charge is -2.38. The number of ether oxygens (including phenoxy) is 2. The number of allylic oxidation sites excluding steroid dienone is 1. The van der Waals surface area contributed by atoms with Crippen molar-refractivity contribution >= 4 is 11.8 Å². The van der Waals surface area contributed by atoms with Gasteiger partial charge >= 0.3 is 0 Å². The molecule has 0 saturated carbocycles. The lowest BCUT2D eigenvalue weighted by Crippen LogP contribution is -2.42. The first-order valence-electron chi connectivity index (χ1n) is 9.81. The van der Waals surface area contributed by atoms with Gasteiger partial charge in [-0.05, 0) is 55.5 Å². The van der Waals surface area contributed by atoms with E-state index in [0.717, 1.165) is 32.5 Å². The number of pyridine rings is 1. The van der Waals surface area contributed by atoms with Crippen molar-refractivity contribution in [2.75, 3.05) is 19.9 Å². The van der Waals surface area contributed by atoms with Crippen molar-refractivity contribution in [3.05, 3.63) is 53.8 Å². The van der Waals surface area contributed by atoms with Gasteiger partial charge in [0.2, 0.25) is 18.6 Å². The smallest absolute Gasteiger partial charge is 0.238 e. The summed E-state index contributed by atoms with van der Waals surface area (Å²) in [5, 5.41) is 2.53. The molecule has 2 saturated heterocycles. The van der Waals surface area contributed by atoms with Crippen molar-refractivity contribution in [3.63, 3.8) is 0 Å². The van der Waals surface area contributed by atoms with Crippen LogP contribution in [0.3, 0.4) is 0 Å². The quantitative estimate of drug-likeness (QED) is 0.800. The maximum Gasteiger partial charge on any atom is 0.238 e. The molecular weight excluding hydrogens is 358 g/mol. The summed E-state index contributed by atoms with van der Waals surface area (Å²) in [5.41, 5.74) is 0.373. The molecule has 2 amide bonds. The Bertz CT molecular complexity index is 866. The van der Waals surface area contributed by atoms with Gasteiger partial charge in [0.15, 0.2) is 11.5 Å². The third kappa shape index (κ3) is 2.81. The summed E-state index contributed by atoms with van der Waals surface area (Å²) in [6.45, 7) is 2.94. The second kappa shape index (κ2) is 6.74. The van der Waals surface area contributed by atoms with E-state index >= 15 is 0 Å². The van der Waals surface area contributed by atoms with Crippen LogP contribution >= 0.6 is 0 Å². The van der Waals surface area contributed by atoms with Gasteiger partial charge in [-0.25, -0.2) is 0 Å². The number of piperidine rings is 1. The summed E-state index contributed by atoms with van der Waals surface area (Å²) >= 11 is 0. The Morgan fingerprint density at radius 2 is 2.11 bits per heavy atom. The van der Waals surface area contributed by atoms with Crippen LogP contribution in [0.4, 0.5) is 0 Å². The SMILES string of the molecule is O=C1NC(=O)C2(CC3CCCN(Cc4ccncc4)C3)C=CC3=C(OCO3)C12. The molecule has 1 aromatic heterocycles. The van der Waals surface area contributed by atoms with E-state index in [9.17, 15) is 9.59 Å². The molecule has 0 radical (unpaired) electrons. The fourth-order valence-corrected chi connectivity index (χ4v) is 5.03. The summed E-state index contributed by atoms with van der Waals surface area (Å²) in [5.74, 6) is 0.314. The zero-order valence-corrected chi connectivity index (χ0v) is 15.6. The molecule has 1 aliphatic carbocycles. The van der Waals surface area contributed by atoms with E-state index in [2.05, 4.69) is 15.2 Å². The summed E-state index contributed by atoms with van der Waals surface area (Å²) < 4.78 is 11.0. The standard InChI is InChI=1S/C21H23N3O4/c25-19-17-18-16(27-13-28-18)3-6-21(17,20(26)23-19)10-15-2-1-9-24(12-15)11-14-4-7-22-8-5-14/h3-8,15,17H,1-2,9-13H2,(H,23,25,26). The van der Waals surface area contributed by atoms with E-state index in [1.54, 1.807) is 6.08 Å². The number of likely N-dealkylation sites (tertiary alicyclic amines) is 1. The average molecular weight is 381 g/mol. The number of aromatic nitrogens is 1. The van der Waals surface area contributed by atoms with E-state index in [1.165, 1.54) is 5.56 Å². The number of nitrogens with one attached hydrogen (secondary N) is 1. The van der Waals surface area contributed by atoms with Gasteiger partial charge in [0.25, 0.3) is 0 Å². The fourth-order valence-electron chi connectivity index (χ4n) is 5.03. The number of hydrogen-bond acceptors (Lipinski definition) is 6. The third-order valence-corrected chi connectivity index (χ3v) is 6.29. The highest BCUT2D eigenvalue weighted by Gasteiger charge is 2.59. The minimum Gasteiger partial charge on any atom is -0.457 e. The van der Waals surface area contributed by atoms with Crippen molar-refractivity contribution in [1.29, 1.82) is 0 Å². The van der Waals surface area contributed by atoms with Crippen molar-refractivity contribution in [2.24, 2.45) is 17.3 Å². The molecule has 7 nitrogen and oxygen atoms in total. The van der Waals surface area contributed by atoms with Crippen LogP contribution in [-0.4, -0.2) is 41.6 Å². The molecule has 28 heavy (non-hydrogen) atoms. The molecule has 7 heteroatoms. The first-order valence-corrected chi connectivity index (χ1v) is 9.81. The van der Waals surface area contributed by atoms with Gasteiger partial charge in [-0.15, -0.1) is 0 Å². The first-order chi connectivity index (χ1) is 13.7. The maximum atomic E-state index is 12.9. The predicted octanol–water partition coefficient (Wildman–Crippen LogP) is 1.73. The molecular formula is C21H23N3O4.